The summed E-state index contributed by atoms with van der Waals surface area (Å²) in [5.41, 5.74) is 2.01. The second-order valence-corrected chi connectivity index (χ2v) is 5.11. The average molecular weight is 226 g/mol. The van der Waals surface area contributed by atoms with Crippen molar-refractivity contribution in [3.8, 4) is 0 Å². The first-order chi connectivity index (χ1) is 6.96. The zero-order valence-electron chi connectivity index (χ0n) is 8.16. The highest BCUT2D eigenvalue weighted by Crippen LogP contribution is 2.39. The molecule has 2 N–H and O–H groups in total. The molecule has 0 aliphatic heterocycles. The van der Waals surface area contributed by atoms with E-state index in [1.54, 1.807) is 22.7 Å². The molecular weight excluding hydrogens is 215 g/mol. The van der Waals surface area contributed by atoms with Crippen molar-refractivity contribution in [2.45, 2.75) is 13.1 Å². The Balaban J connectivity index is 2.55. The summed E-state index contributed by atoms with van der Waals surface area (Å²) in [4.78, 5) is 22.0. The monoisotopic (exact) mass is 226 g/mol. The van der Waals surface area contributed by atoms with Crippen LogP contribution in [0.2, 0.25) is 0 Å². The van der Waals surface area contributed by atoms with Gasteiger partial charge in [-0.3, -0.25) is 4.57 Å². The molecule has 2 aromatic heterocycles. The van der Waals surface area contributed by atoms with Crippen LogP contribution in [0.25, 0.3) is 5.65 Å². The highest BCUT2D eigenvalue weighted by atomic mass is 31.2. The smallest absolute Gasteiger partial charge is 0.324 e. The van der Waals surface area contributed by atoms with Crippen molar-refractivity contribution in [2.75, 3.05) is 0 Å². The van der Waals surface area contributed by atoms with Crippen LogP contribution in [0, 0.1) is 6.92 Å². The lowest BCUT2D eigenvalue weighted by Crippen LogP contribution is -1.92. The molecule has 0 aliphatic carbocycles. The van der Waals surface area contributed by atoms with Crippen molar-refractivity contribution in [1.82, 2.24) is 9.38 Å². The molecule has 0 radical (unpaired) electrons. The van der Waals surface area contributed by atoms with Gasteiger partial charge in [-0.2, -0.15) is 0 Å². The lowest BCUT2D eigenvalue weighted by molar-refractivity contribution is 0.372. The molecule has 0 fully saturated rings. The van der Waals surface area contributed by atoms with Crippen LogP contribution in [0.5, 0.6) is 0 Å². The molecule has 2 rings (SSSR count). The molecule has 5 nitrogen and oxygen atoms in total. The highest BCUT2D eigenvalue weighted by molar-refractivity contribution is 7.50. The molecule has 0 aliphatic rings. The lowest BCUT2D eigenvalue weighted by Gasteiger charge is -2.04. The summed E-state index contributed by atoms with van der Waals surface area (Å²) >= 11 is 0. The summed E-state index contributed by atoms with van der Waals surface area (Å²) in [5, 5.41) is 0. The van der Waals surface area contributed by atoms with Gasteiger partial charge in [0.1, 0.15) is 5.65 Å². The Bertz CT molecular complexity index is 543. The predicted octanol–water partition coefficient (Wildman–Crippen LogP) is 1.32. The van der Waals surface area contributed by atoms with Crippen molar-refractivity contribution >= 4 is 13.2 Å². The molecule has 0 saturated carbocycles. The first-order valence-electron chi connectivity index (χ1n) is 4.43. The Hall–Kier alpha value is -1.16. The van der Waals surface area contributed by atoms with Crippen LogP contribution in [-0.2, 0) is 10.7 Å². The van der Waals surface area contributed by atoms with Crippen molar-refractivity contribution in [1.29, 1.82) is 0 Å². The van der Waals surface area contributed by atoms with Crippen LogP contribution in [-0.4, -0.2) is 19.2 Å². The fraction of sp³-hybridized carbons (Fsp3) is 0.222. The third kappa shape index (κ3) is 2.26. The second kappa shape index (κ2) is 3.45. The van der Waals surface area contributed by atoms with E-state index in [4.69, 9.17) is 9.79 Å². The van der Waals surface area contributed by atoms with Gasteiger partial charge in [0.2, 0.25) is 0 Å². The first kappa shape index (κ1) is 10.4. The van der Waals surface area contributed by atoms with Gasteiger partial charge in [-0.15, -0.1) is 0 Å². The van der Waals surface area contributed by atoms with Crippen LogP contribution in [0.4, 0.5) is 0 Å². The Morgan fingerprint density at radius 3 is 2.93 bits per heavy atom. The number of nitrogens with zero attached hydrogens (tertiary/aromatic N) is 2. The summed E-state index contributed by atoms with van der Waals surface area (Å²) in [6, 6.07) is 3.43. The quantitative estimate of drug-likeness (QED) is 0.757. The summed E-state index contributed by atoms with van der Waals surface area (Å²) in [7, 11) is -4.04. The maximum atomic E-state index is 10.9. The molecule has 2 heterocycles. The van der Waals surface area contributed by atoms with Crippen molar-refractivity contribution in [3.63, 3.8) is 0 Å². The number of pyridine rings is 1. The molecule has 15 heavy (non-hydrogen) atoms. The minimum absolute atomic E-state index is 0.270. The normalized spacial score (nSPS) is 12.2. The zero-order chi connectivity index (χ0) is 11.1. The van der Waals surface area contributed by atoms with Gasteiger partial charge in [0.05, 0.1) is 11.9 Å². The van der Waals surface area contributed by atoms with E-state index in [-0.39, 0.29) is 6.16 Å². The minimum atomic E-state index is -4.04. The summed E-state index contributed by atoms with van der Waals surface area (Å²) in [5.74, 6) is 0. The second-order valence-electron chi connectivity index (χ2n) is 3.47. The van der Waals surface area contributed by atoms with E-state index in [1.165, 1.54) is 0 Å². The number of imidazole rings is 1. The zero-order valence-corrected chi connectivity index (χ0v) is 9.06. The molecule has 0 unspecified atom stereocenters. The number of rotatable bonds is 2. The van der Waals surface area contributed by atoms with Gasteiger partial charge in [0.25, 0.3) is 0 Å². The third-order valence-electron chi connectivity index (χ3n) is 2.06. The number of aromatic nitrogens is 2. The molecular formula is C9H11N2O3P. The Morgan fingerprint density at radius 2 is 2.27 bits per heavy atom. The number of aryl methyl sites for hydroxylation is 1. The van der Waals surface area contributed by atoms with E-state index >= 15 is 0 Å². The maximum absolute atomic E-state index is 10.9. The highest BCUT2D eigenvalue weighted by Gasteiger charge is 2.16. The summed E-state index contributed by atoms with van der Waals surface area (Å²) in [6.07, 6.45) is 3.35. The van der Waals surface area contributed by atoms with E-state index in [2.05, 4.69) is 4.98 Å². The summed E-state index contributed by atoms with van der Waals surface area (Å²) in [6.45, 7) is 1.84. The maximum Gasteiger partial charge on any atom is 0.330 e. The van der Waals surface area contributed by atoms with Gasteiger partial charge in [0, 0.05) is 18.0 Å². The molecule has 2 aromatic rings. The topological polar surface area (TPSA) is 74.8 Å². The molecule has 0 atom stereocenters. The fourth-order valence-electron chi connectivity index (χ4n) is 1.54. The molecule has 0 bridgehead atoms. The fourth-order valence-corrected chi connectivity index (χ4v) is 2.23. The van der Waals surface area contributed by atoms with E-state index in [0.29, 0.717) is 11.2 Å². The SMILES string of the molecule is Cc1cn2cccc(CP(=O)(O)O)c2n1. The van der Waals surface area contributed by atoms with Crippen molar-refractivity contribution in [3.05, 3.63) is 35.8 Å². The van der Waals surface area contributed by atoms with Crippen LogP contribution in [0.15, 0.2) is 24.5 Å². The molecule has 0 amide bonds. The van der Waals surface area contributed by atoms with E-state index in [1.807, 2.05) is 13.1 Å². The van der Waals surface area contributed by atoms with E-state index < -0.39 is 7.60 Å². The van der Waals surface area contributed by atoms with Gasteiger partial charge >= 0.3 is 7.60 Å². The van der Waals surface area contributed by atoms with Crippen LogP contribution in [0.3, 0.4) is 0 Å². The van der Waals surface area contributed by atoms with Crippen LogP contribution in [0.1, 0.15) is 11.3 Å². The largest absolute Gasteiger partial charge is 0.330 e. The Kier molecular flexibility index (Phi) is 2.38. The third-order valence-corrected chi connectivity index (χ3v) is 2.81. The molecule has 0 spiro atoms. The number of fused-ring (bicyclic) bond motifs is 1. The Labute approximate surface area is 86.6 Å². The first-order valence-corrected chi connectivity index (χ1v) is 6.23. The number of hydrogen-bond donors (Lipinski definition) is 2. The standard InChI is InChI=1S/C9H11N2O3P/c1-7-5-11-4-2-3-8(9(11)10-7)6-15(12,13)14/h2-5H,6H2,1H3,(H2,12,13,14). The lowest BCUT2D eigenvalue weighted by atomic mass is 10.3. The predicted molar refractivity (Wildman–Crippen MR) is 55.7 cm³/mol. The van der Waals surface area contributed by atoms with Crippen LogP contribution >= 0.6 is 7.60 Å². The van der Waals surface area contributed by atoms with Crippen LogP contribution < -0.4 is 0 Å². The van der Waals surface area contributed by atoms with Gasteiger partial charge in [-0.1, -0.05) is 6.07 Å². The molecule has 80 valence electrons. The van der Waals surface area contributed by atoms with Gasteiger partial charge in [0.15, 0.2) is 0 Å². The Morgan fingerprint density at radius 1 is 1.53 bits per heavy atom. The molecule has 6 heteroatoms. The number of hydrogen-bond acceptors (Lipinski definition) is 2. The van der Waals surface area contributed by atoms with Gasteiger partial charge < -0.3 is 14.2 Å². The van der Waals surface area contributed by atoms with Gasteiger partial charge in [-0.25, -0.2) is 4.98 Å². The van der Waals surface area contributed by atoms with E-state index in [9.17, 15) is 4.57 Å². The molecule has 0 aromatic carbocycles. The van der Waals surface area contributed by atoms with Crippen molar-refractivity contribution < 1.29 is 14.4 Å². The summed E-state index contributed by atoms with van der Waals surface area (Å²) < 4.78 is 12.7. The van der Waals surface area contributed by atoms with Crippen molar-refractivity contribution in [2.24, 2.45) is 0 Å². The van der Waals surface area contributed by atoms with E-state index in [0.717, 1.165) is 5.69 Å². The minimum Gasteiger partial charge on any atom is -0.324 e. The molecule has 0 saturated heterocycles. The van der Waals surface area contributed by atoms with Gasteiger partial charge in [-0.05, 0) is 13.0 Å². The average Bonchev–Trinajstić information content (AvgIpc) is 2.43.